The van der Waals surface area contributed by atoms with Crippen LogP contribution in [-0.2, 0) is 14.3 Å². The van der Waals surface area contributed by atoms with E-state index in [1.807, 2.05) is 0 Å². The first-order valence-corrected chi connectivity index (χ1v) is 10.3. The van der Waals surface area contributed by atoms with Gasteiger partial charge in [0.1, 0.15) is 0 Å². The normalized spacial score (nSPS) is 25.3. The van der Waals surface area contributed by atoms with Gasteiger partial charge in [0.2, 0.25) is 0 Å². The highest BCUT2D eigenvalue weighted by atomic mass is 16.8. The Kier molecular flexibility index (Phi) is 11.4. The second kappa shape index (κ2) is 12.7. The molecule has 1 saturated carbocycles. The Bertz CT molecular complexity index is 388. The van der Waals surface area contributed by atoms with Crippen molar-refractivity contribution < 1.29 is 29.6 Å². The number of hydrogen-bond acceptors (Lipinski definition) is 5. The van der Waals surface area contributed by atoms with Crippen molar-refractivity contribution in [2.75, 3.05) is 13.7 Å². The molecule has 0 spiro atoms. The average Bonchev–Trinajstić information content (AvgIpc) is 2.97. The summed E-state index contributed by atoms with van der Waals surface area (Å²) in [4.78, 5) is 10.9. The molecule has 3 N–H and O–H groups in total. The fraction of sp³-hybridized carbons (Fsp3) is 0.950. The lowest BCUT2D eigenvalue weighted by Gasteiger charge is -2.23. The standard InChI is InChI=1S/C20H38O6/c1-3-4-5-6-7-8-11-16-13-14-18(21)17(16)12-9-10-15-26-20(24,25-2)19(22)23/h16-18,21,24H,3-15H2,1-2H3,(H,22,23)/t16-,17+,18-,20?/m0/s1. The number of carbonyl (C=O) groups is 1. The van der Waals surface area contributed by atoms with E-state index in [0.29, 0.717) is 18.3 Å². The van der Waals surface area contributed by atoms with E-state index >= 15 is 0 Å². The van der Waals surface area contributed by atoms with E-state index in [1.165, 1.54) is 44.9 Å². The number of carboxylic acid groups (broad SMARTS) is 1. The molecule has 0 aromatic rings. The Morgan fingerprint density at radius 2 is 1.69 bits per heavy atom. The first kappa shape index (κ1) is 23.3. The number of unbranched alkanes of at least 4 members (excludes halogenated alkanes) is 6. The molecule has 0 amide bonds. The fourth-order valence-electron chi connectivity index (χ4n) is 4.00. The second-order valence-electron chi connectivity index (χ2n) is 7.56. The summed E-state index contributed by atoms with van der Waals surface area (Å²) in [7, 11) is 1.09. The minimum atomic E-state index is -2.56. The minimum absolute atomic E-state index is 0.113. The maximum absolute atomic E-state index is 10.9. The Hall–Kier alpha value is -0.690. The summed E-state index contributed by atoms with van der Waals surface area (Å²) < 4.78 is 9.43. The summed E-state index contributed by atoms with van der Waals surface area (Å²) in [6, 6.07) is 0. The lowest BCUT2D eigenvalue weighted by molar-refractivity contribution is -0.334. The molecule has 1 fully saturated rings. The van der Waals surface area contributed by atoms with E-state index in [0.717, 1.165) is 32.8 Å². The van der Waals surface area contributed by atoms with Crippen LogP contribution in [0.3, 0.4) is 0 Å². The molecule has 0 aromatic heterocycles. The van der Waals surface area contributed by atoms with Crippen LogP contribution in [0.15, 0.2) is 0 Å². The molecule has 6 nitrogen and oxygen atoms in total. The van der Waals surface area contributed by atoms with E-state index in [-0.39, 0.29) is 12.7 Å². The molecule has 154 valence electrons. The van der Waals surface area contributed by atoms with Crippen molar-refractivity contribution >= 4 is 5.97 Å². The summed E-state index contributed by atoms with van der Waals surface area (Å²) in [5, 5.41) is 28.7. The van der Waals surface area contributed by atoms with Crippen molar-refractivity contribution in [2.45, 2.75) is 96.1 Å². The Balaban J connectivity index is 2.21. The van der Waals surface area contributed by atoms with Crippen LogP contribution in [0, 0.1) is 11.8 Å². The predicted octanol–water partition coefficient (Wildman–Crippen LogP) is 3.69. The van der Waals surface area contributed by atoms with Gasteiger partial charge in [-0.2, -0.15) is 0 Å². The van der Waals surface area contributed by atoms with Gasteiger partial charge < -0.3 is 24.8 Å². The maximum Gasteiger partial charge on any atom is 0.395 e. The molecule has 26 heavy (non-hydrogen) atoms. The van der Waals surface area contributed by atoms with Crippen LogP contribution in [0.25, 0.3) is 0 Å². The third kappa shape index (κ3) is 7.91. The molecule has 0 aliphatic heterocycles. The van der Waals surface area contributed by atoms with E-state index in [4.69, 9.17) is 9.84 Å². The summed E-state index contributed by atoms with van der Waals surface area (Å²) in [6.07, 6.45) is 13.2. The number of aliphatic hydroxyl groups excluding tert-OH is 1. The molecule has 0 heterocycles. The largest absolute Gasteiger partial charge is 0.475 e. The molecule has 0 saturated heterocycles. The Morgan fingerprint density at radius 3 is 2.35 bits per heavy atom. The van der Waals surface area contributed by atoms with Crippen LogP contribution in [0.1, 0.15) is 84.0 Å². The average molecular weight is 375 g/mol. The molecule has 0 radical (unpaired) electrons. The lowest BCUT2D eigenvalue weighted by atomic mass is 9.86. The van der Waals surface area contributed by atoms with Gasteiger partial charge in [0.15, 0.2) is 0 Å². The van der Waals surface area contributed by atoms with E-state index in [2.05, 4.69) is 11.7 Å². The first-order chi connectivity index (χ1) is 12.4. The van der Waals surface area contributed by atoms with Gasteiger partial charge >= 0.3 is 11.9 Å². The van der Waals surface area contributed by atoms with Crippen molar-refractivity contribution in [1.29, 1.82) is 0 Å². The number of aliphatic carboxylic acids is 1. The second-order valence-corrected chi connectivity index (χ2v) is 7.56. The van der Waals surface area contributed by atoms with Crippen LogP contribution in [0.2, 0.25) is 0 Å². The monoisotopic (exact) mass is 374 g/mol. The molecule has 1 unspecified atom stereocenters. The smallest absolute Gasteiger partial charge is 0.395 e. The quantitative estimate of drug-likeness (QED) is 0.299. The topological polar surface area (TPSA) is 96.2 Å². The summed E-state index contributed by atoms with van der Waals surface area (Å²) >= 11 is 0. The zero-order chi connectivity index (χ0) is 19.4. The van der Waals surface area contributed by atoms with Gasteiger partial charge in [0.05, 0.1) is 12.7 Å². The number of hydrogen-bond donors (Lipinski definition) is 3. The molecule has 4 atom stereocenters. The molecule has 1 aliphatic rings. The van der Waals surface area contributed by atoms with Crippen molar-refractivity contribution in [3.05, 3.63) is 0 Å². The molecule has 1 rings (SSSR count). The number of aliphatic hydroxyl groups is 2. The third-order valence-electron chi connectivity index (χ3n) is 5.64. The van der Waals surface area contributed by atoms with Gasteiger partial charge in [0.25, 0.3) is 0 Å². The first-order valence-electron chi connectivity index (χ1n) is 10.3. The summed E-state index contributed by atoms with van der Waals surface area (Å²) in [6.45, 7) is 2.34. The Labute approximate surface area is 157 Å². The van der Waals surface area contributed by atoms with Crippen LogP contribution < -0.4 is 0 Å². The van der Waals surface area contributed by atoms with Gasteiger partial charge in [-0.25, -0.2) is 4.79 Å². The highest BCUT2D eigenvalue weighted by Gasteiger charge is 2.38. The van der Waals surface area contributed by atoms with Crippen LogP contribution >= 0.6 is 0 Å². The van der Waals surface area contributed by atoms with E-state index < -0.39 is 11.9 Å². The minimum Gasteiger partial charge on any atom is -0.475 e. The van der Waals surface area contributed by atoms with Gasteiger partial charge in [-0.15, -0.1) is 0 Å². The van der Waals surface area contributed by atoms with E-state index in [9.17, 15) is 15.0 Å². The fourth-order valence-corrected chi connectivity index (χ4v) is 4.00. The van der Waals surface area contributed by atoms with Crippen molar-refractivity contribution in [3.8, 4) is 0 Å². The van der Waals surface area contributed by atoms with Crippen molar-refractivity contribution in [3.63, 3.8) is 0 Å². The van der Waals surface area contributed by atoms with Crippen LogP contribution in [0.4, 0.5) is 0 Å². The van der Waals surface area contributed by atoms with Gasteiger partial charge in [-0.1, -0.05) is 58.3 Å². The Morgan fingerprint density at radius 1 is 1.04 bits per heavy atom. The maximum atomic E-state index is 10.9. The van der Waals surface area contributed by atoms with Gasteiger partial charge in [0, 0.05) is 7.11 Å². The van der Waals surface area contributed by atoms with Gasteiger partial charge in [-0.05, 0) is 37.5 Å². The molecule has 0 bridgehead atoms. The third-order valence-corrected chi connectivity index (χ3v) is 5.64. The number of rotatable bonds is 15. The van der Waals surface area contributed by atoms with Crippen LogP contribution in [-0.4, -0.2) is 47.1 Å². The summed E-state index contributed by atoms with van der Waals surface area (Å²) in [5.41, 5.74) is 0. The lowest BCUT2D eigenvalue weighted by Crippen LogP contribution is -2.43. The van der Waals surface area contributed by atoms with Crippen molar-refractivity contribution in [2.24, 2.45) is 11.8 Å². The molecular formula is C20H38O6. The van der Waals surface area contributed by atoms with Crippen molar-refractivity contribution in [1.82, 2.24) is 0 Å². The number of ether oxygens (including phenoxy) is 2. The van der Waals surface area contributed by atoms with Gasteiger partial charge in [-0.3, -0.25) is 0 Å². The van der Waals surface area contributed by atoms with E-state index in [1.54, 1.807) is 0 Å². The zero-order valence-electron chi connectivity index (χ0n) is 16.5. The molecule has 0 aromatic carbocycles. The highest BCUT2D eigenvalue weighted by Crippen LogP contribution is 2.38. The highest BCUT2D eigenvalue weighted by molar-refractivity contribution is 5.73. The summed E-state index contributed by atoms with van der Waals surface area (Å²) in [5.74, 6) is -3.17. The molecule has 1 aliphatic carbocycles. The number of methoxy groups -OCH3 is 1. The predicted molar refractivity (Wildman–Crippen MR) is 99.6 cm³/mol. The molecular weight excluding hydrogens is 336 g/mol. The zero-order valence-corrected chi connectivity index (χ0v) is 16.5. The number of carboxylic acids is 1. The molecule has 6 heteroatoms. The SMILES string of the molecule is CCCCCCCC[C@H]1CC[C@H](O)[C@@H]1CCCCOC(O)(OC)C(=O)O. The van der Waals surface area contributed by atoms with Crippen LogP contribution in [0.5, 0.6) is 0 Å².